The number of benzene rings is 2. The maximum absolute atomic E-state index is 13.1. The first kappa shape index (κ1) is 23.2. The van der Waals surface area contributed by atoms with E-state index in [1.807, 2.05) is 24.3 Å². The van der Waals surface area contributed by atoms with Crippen LogP contribution in [0.2, 0.25) is 15.1 Å². The van der Waals surface area contributed by atoms with Gasteiger partial charge in [-0.2, -0.15) is 0 Å². The standard InChI is InChI=1S/C23H22Cl3N3O3/c24-18-6-5-16(21(25)22(18)26)20-11-17(15-3-1-2-4-19(15)28-20)23(31)27-12-14(30)13-29-7-9-32-10-8-29/h1-6,11,14,30H,7-10,12-13H2,(H,27,31). The summed E-state index contributed by atoms with van der Waals surface area (Å²) >= 11 is 18.7. The zero-order valence-corrected chi connectivity index (χ0v) is 19.4. The first-order valence-corrected chi connectivity index (χ1v) is 11.4. The van der Waals surface area contributed by atoms with Crippen molar-refractivity contribution in [2.45, 2.75) is 6.10 Å². The number of rotatable bonds is 6. The third-order valence-electron chi connectivity index (χ3n) is 5.34. The van der Waals surface area contributed by atoms with Crippen molar-refractivity contribution in [3.05, 3.63) is 63.1 Å². The number of aliphatic hydroxyl groups is 1. The number of aromatic nitrogens is 1. The lowest BCUT2D eigenvalue weighted by Crippen LogP contribution is -2.44. The average Bonchev–Trinajstić information content (AvgIpc) is 2.81. The summed E-state index contributed by atoms with van der Waals surface area (Å²) in [5, 5.41) is 14.8. The number of carbonyl (C=O) groups is 1. The molecule has 2 N–H and O–H groups in total. The lowest BCUT2D eigenvalue weighted by Gasteiger charge is -2.28. The molecular weight excluding hydrogens is 473 g/mol. The zero-order valence-electron chi connectivity index (χ0n) is 17.2. The molecule has 1 fully saturated rings. The number of β-amino-alcohol motifs (C(OH)–C–C–N with tert-alkyl or cyclic N) is 1. The molecule has 0 saturated carbocycles. The van der Waals surface area contributed by atoms with Crippen LogP contribution in [0, 0.1) is 0 Å². The van der Waals surface area contributed by atoms with E-state index in [2.05, 4.69) is 15.2 Å². The van der Waals surface area contributed by atoms with Gasteiger partial charge in [0.25, 0.3) is 5.91 Å². The van der Waals surface area contributed by atoms with Crippen molar-refractivity contribution < 1.29 is 14.6 Å². The Morgan fingerprint density at radius 1 is 1.12 bits per heavy atom. The van der Waals surface area contributed by atoms with Crippen LogP contribution in [0.15, 0.2) is 42.5 Å². The lowest BCUT2D eigenvalue weighted by molar-refractivity contribution is 0.0149. The molecule has 1 saturated heterocycles. The Bertz CT molecular complexity index is 1140. The third kappa shape index (κ3) is 5.17. The van der Waals surface area contributed by atoms with Gasteiger partial charge in [-0.05, 0) is 24.3 Å². The molecule has 3 aromatic rings. The van der Waals surface area contributed by atoms with Gasteiger partial charge in [0.2, 0.25) is 0 Å². The number of morpholine rings is 1. The molecule has 1 aromatic heterocycles. The second-order valence-corrected chi connectivity index (χ2v) is 8.74. The number of nitrogens with zero attached hydrogens (tertiary/aromatic N) is 2. The molecule has 2 heterocycles. The average molecular weight is 495 g/mol. The van der Waals surface area contributed by atoms with Gasteiger partial charge < -0.3 is 15.2 Å². The first-order chi connectivity index (χ1) is 15.4. The van der Waals surface area contributed by atoms with Crippen molar-refractivity contribution in [2.24, 2.45) is 0 Å². The van der Waals surface area contributed by atoms with Gasteiger partial charge in [0.05, 0.1) is 51.2 Å². The van der Waals surface area contributed by atoms with Crippen molar-refractivity contribution in [2.75, 3.05) is 39.4 Å². The Morgan fingerprint density at radius 2 is 1.88 bits per heavy atom. The molecule has 32 heavy (non-hydrogen) atoms. The third-order valence-corrected chi connectivity index (χ3v) is 6.64. The van der Waals surface area contributed by atoms with E-state index in [1.165, 1.54) is 0 Å². The van der Waals surface area contributed by atoms with Crippen LogP contribution in [-0.4, -0.2) is 66.4 Å². The summed E-state index contributed by atoms with van der Waals surface area (Å²) in [6, 6.07) is 12.4. The number of aliphatic hydroxyl groups excluding tert-OH is 1. The number of para-hydroxylation sites is 1. The largest absolute Gasteiger partial charge is 0.390 e. The number of halogens is 3. The fourth-order valence-corrected chi connectivity index (χ4v) is 4.31. The molecule has 1 unspecified atom stereocenters. The smallest absolute Gasteiger partial charge is 0.252 e. The second kappa shape index (κ2) is 10.3. The van der Waals surface area contributed by atoms with Crippen LogP contribution in [-0.2, 0) is 4.74 Å². The molecule has 0 bridgehead atoms. The topological polar surface area (TPSA) is 74.7 Å². The van der Waals surface area contributed by atoms with Gasteiger partial charge in [0.15, 0.2) is 0 Å². The molecule has 0 aliphatic carbocycles. The number of carbonyl (C=O) groups excluding carboxylic acids is 1. The Labute approximate surface area is 201 Å². The lowest BCUT2D eigenvalue weighted by atomic mass is 10.0. The van der Waals surface area contributed by atoms with Crippen molar-refractivity contribution in [1.29, 1.82) is 0 Å². The number of fused-ring (bicyclic) bond motifs is 1. The molecule has 4 rings (SSSR count). The summed E-state index contributed by atoms with van der Waals surface area (Å²) in [6.45, 7) is 3.46. The van der Waals surface area contributed by atoms with Gasteiger partial charge >= 0.3 is 0 Å². The normalized spacial score (nSPS) is 15.6. The van der Waals surface area contributed by atoms with Gasteiger partial charge in [0, 0.05) is 37.1 Å². The van der Waals surface area contributed by atoms with Crippen LogP contribution in [0.1, 0.15) is 10.4 Å². The molecule has 6 nitrogen and oxygen atoms in total. The van der Waals surface area contributed by atoms with Gasteiger partial charge in [-0.1, -0.05) is 53.0 Å². The molecule has 9 heteroatoms. The number of ether oxygens (including phenoxy) is 1. The summed E-state index contributed by atoms with van der Waals surface area (Å²) in [6.07, 6.45) is -0.686. The van der Waals surface area contributed by atoms with Crippen LogP contribution in [0.25, 0.3) is 22.2 Å². The van der Waals surface area contributed by atoms with Crippen molar-refractivity contribution >= 4 is 51.6 Å². The van der Waals surface area contributed by atoms with Gasteiger partial charge in [-0.3, -0.25) is 9.69 Å². The van der Waals surface area contributed by atoms with E-state index in [1.54, 1.807) is 18.2 Å². The highest BCUT2D eigenvalue weighted by Crippen LogP contribution is 2.38. The van der Waals surface area contributed by atoms with E-state index in [0.717, 1.165) is 13.1 Å². The van der Waals surface area contributed by atoms with Crippen LogP contribution in [0.4, 0.5) is 0 Å². The van der Waals surface area contributed by atoms with E-state index >= 15 is 0 Å². The Hall–Kier alpha value is -1.93. The first-order valence-electron chi connectivity index (χ1n) is 10.2. The number of amides is 1. The van der Waals surface area contributed by atoms with E-state index in [-0.39, 0.29) is 22.5 Å². The molecule has 0 spiro atoms. The molecule has 1 atom stereocenters. The zero-order chi connectivity index (χ0) is 22.7. The van der Waals surface area contributed by atoms with E-state index in [0.29, 0.717) is 52.5 Å². The highest BCUT2D eigenvalue weighted by molar-refractivity contribution is 6.49. The summed E-state index contributed by atoms with van der Waals surface area (Å²) in [4.78, 5) is 19.9. The summed E-state index contributed by atoms with van der Waals surface area (Å²) in [7, 11) is 0. The minimum atomic E-state index is -0.686. The summed E-state index contributed by atoms with van der Waals surface area (Å²) in [5.74, 6) is -0.304. The second-order valence-electron chi connectivity index (χ2n) is 7.57. The minimum Gasteiger partial charge on any atom is -0.390 e. The molecular formula is C23H22Cl3N3O3. The van der Waals surface area contributed by atoms with Crippen LogP contribution in [0.5, 0.6) is 0 Å². The number of hydrogen-bond donors (Lipinski definition) is 2. The van der Waals surface area contributed by atoms with Crippen LogP contribution < -0.4 is 5.32 Å². The highest BCUT2D eigenvalue weighted by atomic mass is 35.5. The fourth-order valence-electron chi connectivity index (χ4n) is 3.68. The van der Waals surface area contributed by atoms with E-state index < -0.39 is 6.10 Å². The SMILES string of the molecule is O=C(NCC(O)CN1CCOCC1)c1cc(-c2ccc(Cl)c(Cl)c2Cl)nc2ccccc12. The number of nitrogens with one attached hydrogen (secondary N) is 1. The van der Waals surface area contributed by atoms with Gasteiger partial charge in [0.1, 0.15) is 0 Å². The molecule has 168 valence electrons. The Kier molecular flexibility index (Phi) is 7.51. The van der Waals surface area contributed by atoms with Crippen molar-refractivity contribution in [3.8, 4) is 11.3 Å². The highest BCUT2D eigenvalue weighted by Gasteiger charge is 2.19. The number of pyridine rings is 1. The van der Waals surface area contributed by atoms with Crippen molar-refractivity contribution in [3.63, 3.8) is 0 Å². The molecule has 1 amide bonds. The minimum absolute atomic E-state index is 0.135. The molecule has 0 radical (unpaired) electrons. The number of hydrogen-bond acceptors (Lipinski definition) is 5. The predicted octanol–water partition coefficient (Wildman–Crippen LogP) is 4.28. The summed E-state index contributed by atoms with van der Waals surface area (Å²) in [5.41, 5.74) is 2.16. The van der Waals surface area contributed by atoms with Crippen molar-refractivity contribution in [1.82, 2.24) is 15.2 Å². The molecule has 1 aliphatic heterocycles. The van der Waals surface area contributed by atoms with E-state index in [4.69, 9.17) is 39.5 Å². The van der Waals surface area contributed by atoms with Gasteiger partial charge in [-0.25, -0.2) is 4.98 Å². The Balaban J connectivity index is 1.59. The van der Waals surface area contributed by atoms with Crippen LogP contribution >= 0.6 is 34.8 Å². The van der Waals surface area contributed by atoms with Crippen LogP contribution in [0.3, 0.4) is 0 Å². The maximum atomic E-state index is 13.1. The maximum Gasteiger partial charge on any atom is 0.252 e. The van der Waals surface area contributed by atoms with E-state index in [9.17, 15) is 9.90 Å². The van der Waals surface area contributed by atoms with Gasteiger partial charge in [-0.15, -0.1) is 0 Å². The fraction of sp³-hybridized carbons (Fsp3) is 0.304. The molecule has 1 aliphatic rings. The monoisotopic (exact) mass is 493 g/mol. The molecule has 2 aromatic carbocycles. The Morgan fingerprint density at radius 3 is 2.66 bits per heavy atom. The summed E-state index contributed by atoms with van der Waals surface area (Å²) < 4.78 is 5.32. The predicted molar refractivity (Wildman–Crippen MR) is 128 cm³/mol. The quantitative estimate of drug-likeness (QED) is 0.500.